The second-order valence-corrected chi connectivity index (χ2v) is 7.46. The number of esters is 1. The average molecular weight is 300 g/mol. The highest BCUT2D eigenvalue weighted by Crippen LogP contribution is 2.66. The third-order valence-corrected chi connectivity index (χ3v) is 6.28. The lowest BCUT2D eigenvalue weighted by atomic mass is 9.70. The average Bonchev–Trinajstić information content (AvgIpc) is 2.80. The highest BCUT2D eigenvalue weighted by molar-refractivity contribution is 5.87. The number of fused-ring (bicyclic) bond motifs is 2. The fraction of sp³-hybridized carbons (Fsp3) is 0.526. The Morgan fingerprint density at radius 2 is 1.95 bits per heavy atom. The van der Waals surface area contributed by atoms with Crippen molar-refractivity contribution in [3.63, 3.8) is 0 Å². The van der Waals surface area contributed by atoms with Crippen molar-refractivity contribution in [1.29, 1.82) is 0 Å². The SMILES string of the molecule is CC1(C)[C@H]2CC[C@]1(C)[C@H](OC(=O)C=Cc1ccc(O)cc1)C2. The molecule has 1 aromatic carbocycles. The third-order valence-electron chi connectivity index (χ3n) is 6.28. The van der Waals surface area contributed by atoms with Crippen LogP contribution in [-0.2, 0) is 9.53 Å². The van der Waals surface area contributed by atoms with E-state index in [0.29, 0.717) is 5.92 Å². The van der Waals surface area contributed by atoms with E-state index in [4.69, 9.17) is 4.74 Å². The van der Waals surface area contributed by atoms with Crippen LogP contribution in [0.5, 0.6) is 5.75 Å². The molecule has 2 fully saturated rings. The summed E-state index contributed by atoms with van der Waals surface area (Å²) < 4.78 is 5.75. The van der Waals surface area contributed by atoms with E-state index >= 15 is 0 Å². The summed E-state index contributed by atoms with van der Waals surface area (Å²) in [5.41, 5.74) is 1.22. The number of phenols is 1. The molecule has 22 heavy (non-hydrogen) atoms. The second-order valence-electron chi connectivity index (χ2n) is 7.46. The van der Waals surface area contributed by atoms with Crippen LogP contribution in [0.2, 0.25) is 0 Å². The Morgan fingerprint density at radius 3 is 2.50 bits per heavy atom. The van der Waals surface area contributed by atoms with Crippen molar-refractivity contribution in [1.82, 2.24) is 0 Å². The number of phenolic OH excluding ortho intramolecular Hbond substituents is 1. The van der Waals surface area contributed by atoms with E-state index in [0.717, 1.165) is 18.4 Å². The molecule has 2 aliphatic carbocycles. The zero-order chi connectivity index (χ0) is 16.0. The first kappa shape index (κ1) is 15.1. The predicted molar refractivity (Wildman–Crippen MR) is 86.2 cm³/mol. The van der Waals surface area contributed by atoms with Gasteiger partial charge in [0.15, 0.2) is 0 Å². The molecule has 3 atom stereocenters. The molecule has 2 aliphatic rings. The van der Waals surface area contributed by atoms with Gasteiger partial charge in [0.2, 0.25) is 0 Å². The molecule has 0 saturated heterocycles. The van der Waals surface area contributed by atoms with Gasteiger partial charge in [-0.1, -0.05) is 32.9 Å². The summed E-state index contributed by atoms with van der Waals surface area (Å²) in [4.78, 5) is 12.1. The van der Waals surface area contributed by atoms with Gasteiger partial charge in [0.05, 0.1) is 0 Å². The van der Waals surface area contributed by atoms with Gasteiger partial charge in [0.25, 0.3) is 0 Å². The maximum absolute atomic E-state index is 12.1. The summed E-state index contributed by atoms with van der Waals surface area (Å²) in [5, 5.41) is 9.25. The summed E-state index contributed by atoms with van der Waals surface area (Å²) in [6, 6.07) is 6.73. The third kappa shape index (κ3) is 2.33. The number of hydrogen-bond acceptors (Lipinski definition) is 3. The number of aromatic hydroxyl groups is 1. The van der Waals surface area contributed by atoms with E-state index < -0.39 is 0 Å². The molecule has 0 aliphatic heterocycles. The molecule has 3 nitrogen and oxygen atoms in total. The highest BCUT2D eigenvalue weighted by atomic mass is 16.5. The summed E-state index contributed by atoms with van der Waals surface area (Å²) in [6.07, 6.45) is 6.61. The van der Waals surface area contributed by atoms with Crippen LogP contribution in [0.4, 0.5) is 0 Å². The van der Waals surface area contributed by atoms with E-state index in [1.165, 1.54) is 12.5 Å². The summed E-state index contributed by atoms with van der Waals surface area (Å²) in [6.45, 7) is 6.89. The number of ether oxygens (including phenoxy) is 1. The molecule has 0 spiro atoms. The first-order chi connectivity index (χ1) is 10.3. The van der Waals surface area contributed by atoms with Gasteiger partial charge in [-0.2, -0.15) is 0 Å². The maximum Gasteiger partial charge on any atom is 0.331 e. The molecular formula is C19H24O3. The standard InChI is InChI=1S/C19H24O3/c1-18(2)14-10-11-19(18,3)16(12-14)22-17(21)9-6-13-4-7-15(20)8-5-13/h4-9,14,16,20H,10-12H2,1-3H3/t14-,16+,19+/m0/s1. The first-order valence-corrected chi connectivity index (χ1v) is 8.01. The lowest BCUT2D eigenvalue weighted by Gasteiger charge is -2.38. The fourth-order valence-electron chi connectivity index (χ4n) is 4.24. The molecule has 1 N–H and O–H groups in total. The number of carbonyl (C=O) groups excluding carboxylic acids is 1. The Hall–Kier alpha value is -1.77. The van der Waals surface area contributed by atoms with Gasteiger partial charge < -0.3 is 9.84 Å². The smallest absolute Gasteiger partial charge is 0.331 e. The van der Waals surface area contributed by atoms with Crippen LogP contribution in [-0.4, -0.2) is 17.2 Å². The van der Waals surface area contributed by atoms with Crippen molar-refractivity contribution in [2.45, 2.75) is 46.1 Å². The molecule has 2 saturated carbocycles. The van der Waals surface area contributed by atoms with Crippen LogP contribution < -0.4 is 0 Å². The number of rotatable bonds is 3. The van der Waals surface area contributed by atoms with Gasteiger partial charge in [-0.25, -0.2) is 4.79 Å². The van der Waals surface area contributed by atoms with Gasteiger partial charge in [0.1, 0.15) is 11.9 Å². The molecule has 3 heteroatoms. The van der Waals surface area contributed by atoms with Gasteiger partial charge >= 0.3 is 5.97 Å². The van der Waals surface area contributed by atoms with E-state index in [1.807, 2.05) is 0 Å². The molecule has 118 valence electrons. The van der Waals surface area contributed by atoms with Crippen molar-refractivity contribution >= 4 is 12.0 Å². The predicted octanol–water partition coefficient (Wildman–Crippen LogP) is 4.16. The lowest BCUT2D eigenvalue weighted by Crippen LogP contribution is -2.38. The normalized spacial score (nSPS) is 32.5. The monoisotopic (exact) mass is 300 g/mol. The minimum Gasteiger partial charge on any atom is -0.508 e. The molecule has 0 aromatic heterocycles. The topological polar surface area (TPSA) is 46.5 Å². The van der Waals surface area contributed by atoms with E-state index in [9.17, 15) is 9.90 Å². The van der Waals surface area contributed by atoms with E-state index in [-0.39, 0.29) is 28.7 Å². The minimum atomic E-state index is -0.275. The van der Waals surface area contributed by atoms with Crippen molar-refractivity contribution in [3.8, 4) is 5.75 Å². The molecule has 0 heterocycles. The number of carbonyl (C=O) groups is 1. The molecule has 0 unspecified atom stereocenters. The molecule has 2 bridgehead atoms. The summed E-state index contributed by atoms with van der Waals surface area (Å²) in [7, 11) is 0. The van der Waals surface area contributed by atoms with Gasteiger partial charge in [-0.15, -0.1) is 0 Å². The minimum absolute atomic E-state index is 0.0261. The molecule has 0 amide bonds. The Morgan fingerprint density at radius 1 is 1.27 bits per heavy atom. The quantitative estimate of drug-likeness (QED) is 0.673. The van der Waals surface area contributed by atoms with Crippen LogP contribution in [0.3, 0.4) is 0 Å². The number of benzene rings is 1. The Labute approximate surface area is 132 Å². The zero-order valence-electron chi connectivity index (χ0n) is 13.5. The van der Waals surface area contributed by atoms with Gasteiger partial charge in [-0.3, -0.25) is 0 Å². The first-order valence-electron chi connectivity index (χ1n) is 8.01. The van der Waals surface area contributed by atoms with Crippen molar-refractivity contribution < 1.29 is 14.6 Å². The van der Waals surface area contributed by atoms with Gasteiger partial charge in [0, 0.05) is 11.5 Å². The zero-order valence-corrected chi connectivity index (χ0v) is 13.5. The molecule has 0 radical (unpaired) electrons. The summed E-state index contributed by atoms with van der Waals surface area (Å²) >= 11 is 0. The second kappa shape index (κ2) is 5.15. The van der Waals surface area contributed by atoms with Crippen molar-refractivity contribution in [3.05, 3.63) is 35.9 Å². The Balaban J connectivity index is 1.65. The largest absolute Gasteiger partial charge is 0.508 e. The maximum atomic E-state index is 12.1. The Bertz CT molecular complexity index is 600. The van der Waals surface area contributed by atoms with Crippen molar-refractivity contribution in [2.24, 2.45) is 16.7 Å². The van der Waals surface area contributed by atoms with Gasteiger partial charge in [-0.05, 0) is 54.4 Å². The fourth-order valence-corrected chi connectivity index (χ4v) is 4.24. The number of hydrogen-bond donors (Lipinski definition) is 1. The van der Waals surface area contributed by atoms with Crippen LogP contribution in [0.15, 0.2) is 30.3 Å². The van der Waals surface area contributed by atoms with Crippen molar-refractivity contribution in [2.75, 3.05) is 0 Å². The van der Waals surface area contributed by atoms with Crippen LogP contribution in [0.25, 0.3) is 6.08 Å². The van der Waals surface area contributed by atoms with E-state index in [1.54, 1.807) is 30.3 Å². The molecular weight excluding hydrogens is 276 g/mol. The summed E-state index contributed by atoms with van der Waals surface area (Å²) in [5.74, 6) is 0.607. The van der Waals surface area contributed by atoms with E-state index in [2.05, 4.69) is 20.8 Å². The van der Waals surface area contributed by atoms with Crippen LogP contribution in [0, 0.1) is 16.7 Å². The lowest BCUT2D eigenvalue weighted by molar-refractivity contribution is -0.150. The molecule has 1 aromatic rings. The Kier molecular flexibility index (Phi) is 3.54. The molecule has 3 rings (SSSR count). The van der Waals surface area contributed by atoms with Crippen LogP contribution in [0.1, 0.15) is 45.6 Å². The highest BCUT2D eigenvalue weighted by Gasteiger charge is 2.62. The van der Waals surface area contributed by atoms with Crippen LogP contribution >= 0.6 is 0 Å².